The Morgan fingerprint density at radius 2 is 1.80 bits per heavy atom. The van der Waals surface area contributed by atoms with E-state index >= 15 is 0 Å². The summed E-state index contributed by atoms with van der Waals surface area (Å²) < 4.78 is 0. The Hall–Kier alpha value is -2.17. The fourth-order valence-electron chi connectivity index (χ4n) is 3.71. The van der Waals surface area contributed by atoms with Gasteiger partial charge < -0.3 is 9.80 Å². The molecule has 5 heteroatoms. The first-order valence-corrected chi connectivity index (χ1v) is 9.38. The lowest BCUT2D eigenvalue weighted by molar-refractivity contribution is -0.132. The first-order valence-electron chi connectivity index (χ1n) is 9.38. The van der Waals surface area contributed by atoms with Crippen LogP contribution in [0.5, 0.6) is 0 Å². The van der Waals surface area contributed by atoms with Crippen molar-refractivity contribution in [2.45, 2.75) is 38.5 Å². The largest absolute Gasteiger partial charge is 0.341 e. The maximum atomic E-state index is 12.5. The van der Waals surface area contributed by atoms with Gasteiger partial charge in [0.25, 0.3) is 0 Å². The molecule has 1 saturated carbocycles. The zero-order valence-corrected chi connectivity index (χ0v) is 14.8. The van der Waals surface area contributed by atoms with E-state index in [-0.39, 0.29) is 11.8 Å². The van der Waals surface area contributed by atoms with E-state index in [1.165, 1.54) is 25.7 Å². The van der Waals surface area contributed by atoms with Gasteiger partial charge in [-0.3, -0.25) is 14.6 Å². The van der Waals surface area contributed by atoms with Crippen molar-refractivity contribution in [1.82, 2.24) is 14.8 Å². The van der Waals surface area contributed by atoms with Gasteiger partial charge in [-0.25, -0.2) is 0 Å². The normalized spacial score (nSPS) is 19.4. The van der Waals surface area contributed by atoms with Gasteiger partial charge in [0.15, 0.2) is 0 Å². The van der Waals surface area contributed by atoms with Crippen molar-refractivity contribution in [1.29, 1.82) is 0 Å². The molecule has 1 aliphatic carbocycles. The number of amides is 2. The average molecular weight is 341 g/mol. The van der Waals surface area contributed by atoms with Crippen LogP contribution < -0.4 is 0 Å². The van der Waals surface area contributed by atoms with Crippen LogP contribution in [0.4, 0.5) is 0 Å². The second kappa shape index (κ2) is 8.79. The molecule has 0 atom stereocenters. The first kappa shape index (κ1) is 17.6. The highest BCUT2D eigenvalue weighted by Crippen LogP contribution is 2.28. The molecule has 0 spiro atoms. The van der Waals surface area contributed by atoms with Crippen LogP contribution in [0.15, 0.2) is 30.5 Å². The predicted molar refractivity (Wildman–Crippen MR) is 97.6 cm³/mol. The molecule has 134 valence electrons. The molecule has 1 aliphatic heterocycles. The van der Waals surface area contributed by atoms with Gasteiger partial charge in [0, 0.05) is 44.9 Å². The number of nitrogens with zero attached hydrogens (tertiary/aromatic N) is 3. The molecular weight excluding hydrogens is 314 g/mol. The maximum Gasteiger partial charge on any atom is 0.246 e. The second-order valence-electron chi connectivity index (χ2n) is 7.00. The summed E-state index contributed by atoms with van der Waals surface area (Å²) in [5.74, 6) is 0.843. The third-order valence-corrected chi connectivity index (χ3v) is 5.18. The highest BCUT2D eigenvalue weighted by atomic mass is 16.2. The van der Waals surface area contributed by atoms with E-state index in [2.05, 4.69) is 4.98 Å². The van der Waals surface area contributed by atoms with Crippen LogP contribution in [-0.4, -0.2) is 52.8 Å². The number of rotatable bonds is 4. The van der Waals surface area contributed by atoms with Crippen LogP contribution in [0.2, 0.25) is 0 Å². The Bertz CT molecular complexity index is 609. The Morgan fingerprint density at radius 3 is 2.56 bits per heavy atom. The van der Waals surface area contributed by atoms with E-state index in [9.17, 15) is 9.59 Å². The van der Waals surface area contributed by atoms with Crippen molar-refractivity contribution >= 4 is 17.9 Å². The van der Waals surface area contributed by atoms with E-state index in [1.54, 1.807) is 18.3 Å². The highest BCUT2D eigenvalue weighted by Gasteiger charge is 2.24. The number of hydrogen-bond acceptors (Lipinski definition) is 3. The predicted octanol–water partition coefficient (Wildman–Crippen LogP) is 2.74. The number of carbonyl (C=O) groups excluding carboxylic acids is 2. The van der Waals surface area contributed by atoms with Crippen LogP contribution in [0.3, 0.4) is 0 Å². The zero-order chi connectivity index (χ0) is 17.5. The molecule has 0 unspecified atom stereocenters. The molecule has 1 saturated heterocycles. The van der Waals surface area contributed by atoms with E-state index in [1.807, 2.05) is 28.0 Å². The summed E-state index contributed by atoms with van der Waals surface area (Å²) in [7, 11) is 0. The number of hydrogen-bond donors (Lipinski definition) is 0. The van der Waals surface area contributed by atoms with Crippen LogP contribution in [0.25, 0.3) is 6.08 Å². The molecule has 2 amide bonds. The highest BCUT2D eigenvalue weighted by molar-refractivity contribution is 5.91. The Morgan fingerprint density at radius 1 is 1.04 bits per heavy atom. The fraction of sp³-hybridized carbons (Fsp3) is 0.550. The Labute approximate surface area is 149 Å². The number of aromatic nitrogens is 1. The van der Waals surface area contributed by atoms with E-state index in [4.69, 9.17) is 0 Å². The van der Waals surface area contributed by atoms with Crippen molar-refractivity contribution in [2.24, 2.45) is 5.92 Å². The zero-order valence-electron chi connectivity index (χ0n) is 14.8. The second-order valence-corrected chi connectivity index (χ2v) is 7.00. The van der Waals surface area contributed by atoms with Crippen molar-refractivity contribution in [3.05, 3.63) is 36.2 Å². The van der Waals surface area contributed by atoms with Crippen LogP contribution >= 0.6 is 0 Å². The summed E-state index contributed by atoms with van der Waals surface area (Å²) in [4.78, 5) is 32.9. The Balaban J connectivity index is 1.49. The SMILES string of the molecule is O=C(/C=C\c1ccccn1)N1CCCN(C(=O)CC2CCCC2)CC1. The fourth-order valence-corrected chi connectivity index (χ4v) is 3.71. The molecule has 0 radical (unpaired) electrons. The lowest BCUT2D eigenvalue weighted by Gasteiger charge is -2.22. The van der Waals surface area contributed by atoms with Crippen LogP contribution in [0.1, 0.15) is 44.2 Å². The molecule has 0 bridgehead atoms. The number of carbonyl (C=O) groups is 2. The molecular formula is C20H27N3O2. The minimum Gasteiger partial charge on any atom is -0.341 e. The number of pyridine rings is 1. The van der Waals surface area contributed by atoms with Crippen LogP contribution in [0, 0.1) is 5.92 Å². The molecule has 3 rings (SSSR count). The molecule has 2 fully saturated rings. The molecule has 1 aromatic heterocycles. The smallest absolute Gasteiger partial charge is 0.246 e. The third kappa shape index (κ3) is 5.15. The first-order chi connectivity index (χ1) is 12.2. The quantitative estimate of drug-likeness (QED) is 0.791. The van der Waals surface area contributed by atoms with E-state index in [0.717, 1.165) is 18.7 Å². The van der Waals surface area contributed by atoms with Gasteiger partial charge in [-0.15, -0.1) is 0 Å². The summed E-state index contributed by atoms with van der Waals surface area (Å²) in [6.45, 7) is 2.73. The summed E-state index contributed by atoms with van der Waals surface area (Å²) >= 11 is 0. The van der Waals surface area contributed by atoms with Gasteiger partial charge >= 0.3 is 0 Å². The van der Waals surface area contributed by atoms with Crippen molar-refractivity contribution in [3.63, 3.8) is 0 Å². The van der Waals surface area contributed by atoms with Gasteiger partial charge in [0.2, 0.25) is 11.8 Å². The average Bonchev–Trinajstić information content (AvgIpc) is 3.01. The standard InChI is InChI=1S/C20H27N3O2/c24-19(10-9-18-8-3-4-11-21-18)22-12-5-13-23(15-14-22)20(25)16-17-6-1-2-7-17/h3-4,8-11,17H,1-2,5-7,12-16H2/b10-9-. The molecule has 0 aromatic carbocycles. The summed E-state index contributed by atoms with van der Waals surface area (Å²) in [5.41, 5.74) is 0.777. The Kier molecular flexibility index (Phi) is 6.20. The summed E-state index contributed by atoms with van der Waals surface area (Å²) in [5, 5.41) is 0. The lowest BCUT2D eigenvalue weighted by Crippen LogP contribution is -2.37. The van der Waals surface area contributed by atoms with Crippen LogP contribution in [-0.2, 0) is 9.59 Å². The van der Waals surface area contributed by atoms with E-state index < -0.39 is 0 Å². The lowest BCUT2D eigenvalue weighted by atomic mass is 10.0. The molecule has 2 heterocycles. The summed E-state index contributed by atoms with van der Waals surface area (Å²) in [6.07, 6.45) is 11.5. The molecule has 0 N–H and O–H groups in total. The van der Waals surface area contributed by atoms with Gasteiger partial charge in [-0.1, -0.05) is 18.9 Å². The van der Waals surface area contributed by atoms with Gasteiger partial charge in [-0.2, -0.15) is 0 Å². The third-order valence-electron chi connectivity index (χ3n) is 5.18. The molecule has 1 aromatic rings. The van der Waals surface area contributed by atoms with Crippen molar-refractivity contribution < 1.29 is 9.59 Å². The van der Waals surface area contributed by atoms with Crippen molar-refractivity contribution in [3.8, 4) is 0 Å². The maximum absolute atomic E-state index is 12.5. The molecule has 25 heavy (non-hydrogen) atoms. The molecule has 2 aliphatic rings. The van der Waals surface area contributed by atoms with Gasteiger partial charge in [0.1, 0.15) is 0 Å². The minimum atomic E-state index is -0.00394. The minimum absolute atomic E-state index is 0.00394. The molecule has 5 nitrogen and oxygen atoms in total. The monoisotopic (exact) mass is 341 g/mol. The van der Waals surface area contributed by atoms with Gasteiger partial charge in [0.05, 0.1) is 5.69 Å². The van der Waals surface area contributed by atoms with Gasteiger partial charge in [-0.05, 0) is 43.4 Å². The topological polar surface area (TPSA) is 53.5 Å². The summed E-state index contributed by atoms with van der Waals surface area (Å²) in [6, 6.07) is 5.62. The van der Waals surface area contributed by atoms with Crippen molar-refractivity contribution in [2.75, 3.05) is 26.2 Å². The van der Waals surface area contributed by atoms with E-state index in [0.29, 0.717) is 32.0 Å².